The summed E-state index contributed by atoms with van der Waals surface area (Å²) in [6.45, 7) is 0.567. The average molecular weight is 336 g/mol. The molecule has 0 radical (unpaired) electrons. The number of amides is 2. The minimum absolute atomic E-state index is 0.201. The van der Waals surface area contributed by atoms with E-state index in [1.54, 1.807) is 11.3 Å². The maximum Gasteiger partial charge on any atom is 0.321 e. The summed E-state index contributed by atoms with van der Waals surface area (Å²) in [6, 6.07) is 7.47. The Morgan fingerprint density at radius 2 is 2.18 bits per heavy atom. The van der Waals surface area contributed by atoms with Gasteiger partial charge in [-0.15, -0.1) is 11.3 Å². The van der Waals surface area contributed by atoms with Crippen molar-refractivity contribution in [2.24, 2.45) is 0 Å². The molecule has 2 aromatic rings. The van der Waals surface area contributed by atoms with Crippen LogP contribution in [0.4, 0.5) is 9.93 Å². The predicted molar refractivity (Wildman–Crippen MR) is 90.9 cm³/mol. The van der Waals surface area contributed by atoms with Gasteiger partial charge in [-0.1, -0.05) is 23.7 Å². The number of hydrogen-bond acceptors (Lipinski definition) is 3. The third kappa shape index (κ3) is 3.99. The van der Waals surface area contributed by atoms with Crippen molar-refractivity contribution in [2.45, 2.75) is 32.1 Å². The molecule has 1 aliphatic rings. The number of aromatic nitrogens is 1. The summed E-state index contributed by atoms with van der Waals surface area (Å²) in [6.07, 6.45) is 5.29. The van der Waals surface area contributed by atoms with Gasteiger partial charge >= 0.3 is 6.03 Å². The lowest BCUT2D eigenvalue weighted by molar-refractivity contribution is 0.252. The number of halogens is 1. The smallest absolute Gasteiger partial charge is 0.321 e. The van der Waals surface area contributed by atoms with E-state index in [2.05, 4.69) is 15.6 Å². The molecule has 0 saturated carbocycles. The van der Waals surface area contributed by atoms with Crippen molar-refractivity contribution in [1.29, 1.82) is 0 Å². The minimum Gasteiger partial charge on any atom is -0.337 e. The summed E-state index contributed by atoms with van der Waals surface area (Å²) < 4.78 is 0. The standard InChI is InChI=1S/C16H18ClN3OS/c17-12-5-3-4-11(10-12)8-9-18-15(21)20-16-19-13-6-1-2-7-14(13)22-16/h3-5,10H,1-2,6-9H2,(H2,18,19,20,21). The lowest BCUT2D eigenvalue weighted by Crippen LogP contribution is -2.30. The van der Waals surface area contributed by atoms with E-state index in [0.29, 0.717) is 11.7 Å². The first-order valence-corrected chi connectivity index (χ1v) is 8.68. The topological polar surface area (TPSA) is 54.0 Å². The van der Waals surface area contributed by atoms with Crippen molar-refractivity contribution in [3.8, 4) is 0 Å². The number of carbonyl (C=O) groups is 1. The molecule has 1 aromatic heterocycles. The number of thiazole rings is 1. The maximum absolute atomic E-state index is 11.9. The van der Waals surface area contributed by atoms with Crippen molar-refractivity contribution in [1.82, 2.24) is 10.3 Å². The quantitative estimate of drug-likeness (QED) is 0.886. The summed E-state index contributed by atoms with van der Waals surface area (Å²) in [4.78, 5) is 17.7. The van der Waals surface area contributed by atoms with Gasteiger partial charge in [-0.3, -0.25) is 5.32 Å². The summed E-state index contributed by atoms with van der Waals surface area (Å²) in [5.41, 5.74) is 2.27. The first-order chi connectivity index (χ1) is 10.7. The zero-order valence-corrected chi connectivity index (χ0v) is 13.8. The molecule has 6 heteroatoms. The van der Waals surface area contributed by atoms with Gasteiger partial charge in [-0.25, -0.2) is 9.78 Å². The highest BCUT2D eigenvalue weighted by atomic mass is 35.5. The lowest BCUT2D eigenvalue weighted by atomic mass is 10.0. The fourth-order valence-corrected chi connectivity index (χ4v) is 3.82. The number of nitrogens with zero attached hydrogens (tertiary/aromatic N) is 1. The Kier molecular flexibility index (Phi) is 4.95. The number of benzene rings is 1. The van der Waals surface area contributed by atoms with E-state index < -0.39 is 0 Å². The molecule has 2 N–H and O–H groups in total. The molecule has 2 amide bonds. The van der Waals surface area contributed by atoms with E-state index in [9.17, 15) is 4.79 Å². The maximum atomic E-state index is 11.9. The fourth-order valence-electron chi connectivity index (χ4n) is 2.56. The second kappa shape index (κ2) is 7.11. The van der Waals surface area contributed by atoms with E-state index >= 15 is 0 Å². The molecule has 1 aliphatic carbocycles. The van der Waals surface area contributed by atoms with Crippen molar-refractivity contribution in [3.63, 3.8) is 0 Å². The number of anilines is 1. The predicted octanol–water partition coefficient (Wildman–Crippen LogP) is 4.04. The normalized spacial score (nSPS) is 13.5. The first-order valence-electron chi connectivity index (χ1n) is 7.48. The lowest BCUT2D eigenvalue weighted by Gasteiger charge is -2.06. The number of aryl methyl sites for hydroxylation is 2. The van der Waals surface area contributed by atoms with E-state index in [4.69, 9.17) is 11.6 Å². The number of fused-ring (bicyclic) bond motifs is 1. The molecule has 116 valence electrons. The average Bonchev–Trinajstić information content (AvgIpc) is 2.89. The van der Waals surface area contributed by atoms with Gasteiger partial charge in [-0.05, 0) is 49.8 Å². The molecule has 22 heavy (non-hydrogen) atoms. The Bertz CT molecular complexity index is 648. The van der Waals surface area contributed by atoms with Crippen molar-refractivity contribution in [3.05, 3.63) is 45.4 Å². The second-order valence-corrected chi connectivity index (χ2v) is 6.88. The van der Waals surface area contributed by atoms with Crippen LogP contribution in [0, 0.1) is 0 Å². The highest BCUT2D eigenvalue weighted by Gasteiger charge is 2.16. The Hall–Kier alpha value is -1.59. The number of carbonyl (C=O) groups excluding carboxylic acids is 1. The molecule has 1 aromatic carbocycles. The van der Waals surface area contributed by atoms with Crippen LogP contribution in [0.15, 0.2) is 24.3 Å². The van der Waals surface area contributed by atoms with Crippen molar-refractivity contribution in [2.75, 3.05) is 11.9 Å². The molecule has 0 aliphatic heterocycles. The Morgan fingerprint density at radius 1 is 1.32 bits per heavy atom. The van der Waals surface area contributed by atoms with Crippen LogP contribution in [-0.2, 0) is 19.3 Å². The Balaban J connectivity index is 1.47. The Labute approximate surface area is 138 Å². The fraction of sp³-hybridized carbons (Fsp3) is 0.375. The molecule has 3 rings (SSSR count). The van der Waals surface area contributed by atoms with Gasteiger partial charge in [0.1, 0.15) is 0 Å². The summed E-state index contributed by atoms with van der Waals surface area (Å²) in [7, 11) is 0. The van der Waals surface area contributed by atoms with Crippen LogP contribution in [0.3, 0.4) is 0 Å². The zero-order valence-electron chi connectivity index (χ0n) is 12.2. The van der Waals surface area contributed by atoms with Gasteiger partial charge in [0.2, 0.25) is 0 Å². The first kappa shape index (κ1) is 15.3. The van der Waals surface area contributed by atoms with E-state index in [0.717, 1.165) is 35.5 Å². The van der Waals surface area contributed by atoms with Gasteiger partial charge in [0.05, 0.1) is 5.69 Å². The molecule has 1 heterocycles. The van der Waals surface area contributed by atoms with Crippen LogP contribution in [0.5, 0.6) is 0 Å². The minimum atomic E-state index is -0.201. The van der Waals surface area contributed by atoms with Crippen LogP contribution in [0.25, 0.3) is 0 Å². The van der Waals surface area contributed by atoms with E-state index in [-0.39, 0.29) is 6.03 Å². The molecule has 0 saturated heterocycles. The molecule has 0 unspecified atom stereocenters. The van der Waals surface area contributed by atoms with Crippen molar-refractivity contribution >= 4 is 34.1 Å². The summed E-state index contributed by atoms with van der Waals surface area (Å²) in [5.74, 6) is 0. The van der Waals surface area contributed by atoms with Crippen molar-refractivity contribution < 1.29 is 4.79 Å². The third-order valence-corrected chi connectivity index (χ3v) is 4.96. The highest BCUT2D eigenvalue weighted by molar-refractivity contribution is 7.15. The molecular weight excluding hydrogens is 318 g/mol. The van der Waals surface area contributed by atoms with Gasteiger partial charge in [0.15, 0.2) is 5.13 Å². The monoisotopic (exact) mass is 335 g/mol. The number of urea groups is 1. The Morgan fingerprint density at radius 3 is 3.00 bits per heavy atom. The number of rotatable bonds is 4. The summed E-state index contributed by atoms with van der Waals surface area (Å²) in [5, 5.41) is 7.10. The largest absolute Gasteiger partial charge is 0.337 e. The number of nitrogens with one attached hydrogen (secondary N) is 2. The SMILES string of the molecule is O=C(NCCc1cccc(Cl)c1)Nc1nc2c(s1)CCCC2. The van der Waals surface area contributed by atoms with Crippen LogP contribution in [0.2, 0.25) is 5.02 Å². The van der Waals surface area contributed by atoms with Crippen LogP contribution in [0.1, 0.15) is 29.0 Å². The second-order valence-electron chi connectivity index (χ2n) is 5.36. The van der Waals surface area contributed by atoms with Gasteiger partial charge < -0.3 is 5.32 Å². The van der Waals surface area contributed by atoms with Gasteiger partial charge in [0.25, 0.3) is 0 Å². The molecule has 0 atom stereocenters. The zero-order chi connectivity index (χ0) is 15.4. The van der Waals surface area contributed by atoms with Gasteiger partial charge in [-0.2, -0.15) is 0 Å². The summed E-state index contributed by atoms with van der Waals surface area (Å²) >= 11 is 7.53. The molecular formula is C16H18ClN3OS. The van der Waals surface area contributed by atoms with E-state index in [1.807, 2.05) is 24.3 Å². The third-order valence-electron chi connectivity index (χ3n) is 3.65. The molecule has 0 bridgehead atoms. The number of hydrogen-bond donors (Lipinski definition) is 2. The van der Waals surface area contributed by atoms with Crippen LogP contribution in [-0.4, -0.2) is 17.6 Å². The van der Waals surface area contributed by atoms with Crippen LogP contribution >= 0.6 is 22.9 Å². The molecule has 0 fully saturated rings. The molecule has 4 nitrogen and oxygen atoms in total. The van der Waals surface area contributed by atoms with E-state index in [1.165, 1.54) is 17.7 Å². The van der Waals surface area contributed by atoms with Gasteiger partial charge in [0, 0.05) is 16.4 Å². The highest BCUT2D eigenvalue weighted by Crippen LogP contribution is 2.29. The molecule has 0 spiro atoms. The van der Waals surface area contributed by atoms with Crippen LogP contribution < -0.4 is 10.6 Å².